The number of aryl methyl sites for hydroxylation is 1. The molecule has 3 rings (SSSR count). The number of aromatic nitrogens is 3. The zero-order valence-corrected chi connectivity index (χ0v) is 15.1. The molecule has 10 heteroatoms. The van der Waals surface area contributed by atoms with E-state index in [2.05, 4.69) is 20.7 Å². The van der Waals surface area contributed by atoms with Crippen LogP contribution in [0, 0.1) is 6.92 Å². The van der Waals surface area contributed by atoms with E-state index in [1.54, 1.807) is 45.4 Å². The molecule has 0 saturated carbocycles. The largest absolute Gasteiger partial charge is 0.493 e. The standard InChI is InChI=1S/C16H16N4O5S/c1-9-6-13(20-25-9)17-14(21)8-26-16-19-18-15(24-16)10-4-5-11(22-2)12(7-10)23-3/h4-7H,8H2,1-3H3,(H,17,20,21). The molecule has 0 saturated heterocycles. The fraction of sp³-hybridized carbons (Fsp3) is 0.250. The van der Waals surface area contributed by atoms with Crippen molar-refractivity contribution in [1.82, 2.24) is 15.4 Å². The summed E-state index contributed by atoms with van der Waals surface area (Å²) in [6.45, 7) is 1.74. The number of anilines is 1. The Morgan fingerprint density at radius 3 is 2.69 bits per heavy atom. The Kier molecular flexibility index (Phi) is 5.42. The lowest BCUT2D eigenvalue weighted by Crippen LogP contribution is -2.14. The van der Waals surface area contributed by atoms with Gasteiger partial charge in [-0.15, -0.1) is 10.2 Å². The highest BCUT2D eigenvalue weighted by atomic mass is 32.2. The van der Waals surface area contributed by atoms with Crippen LogP contribution < -0.4 is 14.8 Å². The minimum absolute atomic E-state index is 0.0967. The van der Waals surface area contributed by atoms with Crippen molar-refractivity contribution in [2.75, 3.05) is 25.3 Å². The van der Waals surface area contributed by atoms with E-state index in [0.717, 1.165) is 11.8 Å². The Hall–Kier alpha value is -3.01. The Balaban J connectivity index is 1.62. The number of nitrogens with one attached hydrogen (secondary N) is 1. The predicted octanol–water partition coefficient (Wildman–Crippen LogP) is 2.78. The van der Waals surface area contributed by atoms with Gasteiger partial charge in [0.05, 0.1) is 20.0 Å². The normalized spacial score (nSPS) is 10.6. The van der Waals surface area contributed by atoms with Crippen LogP contribution in [0.1, 0.15) is 5.76 Å². The van der Waals surface area contributed by atoms with Gasteiger partial charge in [0.15, 0.2) is 17.3 Å². The molecule has 26 heavy (non-hydrogen) atoms. The van der Waals surface area contributed by atoms with Gasteiger partial charge in [0.25, 0.3) is 5.22 Å². The number of carbonyl (C=O) groups is 1. The number of thioether (sulfide) groups is 1. The van der Waals surface area contributed by atoms with Gasteiger partial charge in [-0.05, 0) is 25.1 Å². The van der Waals surface area contributed by atoms with Crippen molar-refractivity contribution in [1.29, 1.82) is 0 Å². The molecule has 1 N–H and O–H groups in total. The molecule has 2 heterocycles. The van der Waals surface area contributed by atoms with Gasteiger partial charge in [-0.3, -0.25) is 4.79 Å². The first-order valence-corrected chi connectivity index (χ1v) is 8.49. The predicted molar refractivity (Wildman–Crippen MR) is 93.4 cm³/mol. The molecule has 9 nitrogen and oxygen atoms in total. The van der Waals surface area contributed by atoms with E-state index >= 15 is 0 Å². The zero-order chi connectivity index (χ0) is 18.5. The summed E-state index contributed by atoms with van der Waals surface area (Å²) in [6.07, 6.45) is 0. The summed E-state index contributed by atoms with van der Waals surface area (Å²) in [5.74, 6) is 2.30. The van der Waals surface area contributed by atoms with Crippen LogP contribution in [-0.2, 0) is 4.79 Å². The third kappa shape index (κ3) is 4.14. The van der Waals surface area contributed by atoms with Crippen molar-refractivity contribution in [3.05, 3.63) is 30.0 Å². The lowest BCUT2D eigenvalue weighted by Gasteiger charge is -2.07. The van der Waals surface area contributed by atoms with Crippen LogP contribution in [0.2, 0.25) is 0 Å². The van der Waals surface area contributed by atoms with Crippen molar-refractivity contribution in [3.8, 4) is 23.0 Å². The molecule has 0 unspecified atom stereocenters. The first-order chi connectivity index (χ1) is 12.6. The second kappa shape index (κ2) is 7.91. The van der Waals surface area contributed by atoms with Crippen LogP contribution in [0.4, 0.5) is 5.82 Å². The van der Waals surface area contributed by atoms with Crippen LogP contribution in [0.3, 0.4) is 0 Å². The van der Waals surface area contributed by atoms with Gasteiger partial charge in [-0.25, -0.2) is 0 Å². The fourth-order valence-corrected chi connectivity index (χ4v) is 2.65. The van der Waals surface area contributed by atoms with Crippen molar-refractivity contribution in [3.63, 3.8) is 0 Å². The van der Waals surface area contributed by atoms with Gasteiger partial charge in [0.2, 0.25) is 11.8 Å². The number of nitrogens with zero attached hydrogens (tertiary/aromatic N) is 3. The van der Waals surface area contributed by atoms with E-state index in [4.69, 9.17) is 18.4 Å². The topological polar surface area (TPSA) is 113 Å². The summed E-state index contributed by atoms with van der Waals surface area (Å²) in [6, 6.07) is 6.90. The van der Waals surface area contributed by atoms with Crippen molar-refractivity contribution >= 4 is 23.5 Å². The summed E-state index contributed by atoms with van der Waals surface area (Å²) in [4.78, 5) is 11.9. The maximum atomic E-state index is 11.9. The highest BCUT2D eigenvalue weighted by Crippen LogP contribution is 2.32. The summed E-state index contributed by atoms with van der Waals surface area (Å²) in [7, 11) is 3.11. The van der Waals surface area contributed by atoms with E-state index in [1.165, 1.54) is 0 Å². The lowest BCUT2D eigenvalue weighted by atomic mass is 10.2. The van der Waals surface area contributed by atoms with E-state index < -0.39 is 0 Å². The molecule has 1 aromatic carbocycles. The molecule has 0 fully saturated rings. The molecule has 0 aliphatic rings. The molecular formula is C16H16N4O5S. The fourth-order valence-electron chi connectivity index (χ4n) is 2.09. The molecule has 136 valence electrons. The monoisotopic (exact) mass is 376 g/mol. The summed E-state index contributed by atoms with van der Waals surface area (Å²) >= 11 is 1.12. The SMILES string of the molecule is COc1ccc(-c2nnc(SCC(=O)Nc3cc(C)on3)o2)cc1OC. The third-order valence-corrected chi connectivity index (χ3v) is 4.08. The number of methoxy groups -OCH3 is 2. The van der Waals surface area contributed by atoms with Gasteiger partial charge in [0, 0.05) is 11.6 Å². The summed E-state index contributed by atoms with van der Waals surface area (Å²) < 4.78 is 20.9. The second-order valence-corrected chi connectivity index (χ2v) is 6.03. The molecule has 0 aliphatic heterocycles. The number of hydrogen-bond acceptors (Lipinski definition) is 9. The number of carbonyl (C=O) groups excluding carboxylic acids is 1. The van der Waals surface area contributed by atoms with Gasteiger partial charge in [-0.2, -0.15) is 0 Å². The van der Waals surface area contributed by atoms with Crippen molar-refractivity contribution in [2.45, 2.75) is 12.1 Å². The first-order valence-electron chi connectivity index (χ1n) is 7.51. The zero-order valence-electron chi connectivity index (χ0n) is 14.3. The van der Waals surface area contributed by atoms with E-state index in [1.807, 2.05) is 0 Å². The van der Waals surface area contributed by atoms with Crippen LogP contribution in [0.25, 0.3) is 11.5 Å². The molecule has 0 radical (unpaired) electrons. The van der Waals surface area contributed by atoms with Crippen LogP contribution in [-0.4, -0.2) is 41.2 Å². The third-order valence-electron chi connectivity index (χ3n) is 3.26. The van der Waals surface area contributed by atoms with E-state index in [0.29, 0.717) is 34.5 Å². The highest BCUT2D eigenvalue weighted by Gasteiger charge is 2.14. The quantitative estimate of drug-likeness (QED) is 0.622. The van der Waals surface area contributed by atoms with Gasteiger partial charge >= 0.3 is 0 Å². The number of amides is 1. The summed E-state index contributed by atoms with van der Waals surface area (Å²) in [5, 5.41) is 14.5. The highest BCUT2D eigenvalue weighted by molar-refractivity contribution is 7.99. The van der Waals surface area contributed by atoms with Crippen molar-refractivity contribution in [2.24, 2.45) is 0 Å². The van der Waals surface area contributed by atoms with E-state index in [-0.39, 0.29) is 16.9 Å². The molecule has 1 amide bonds. The Labute approximate surface area is 153 Å². The van der Waals surface area contributed by atoms with Gasteiger partial charge in [-0.1, -0.05) is 16.9 Å². The molecule has 3 aromatic rings. The number of hydrogen-bond donors (Lipinski definition) is 1. The number of benzene rings is 1. The average molecular weight is 376 g/mol. The Morgan fingerprint density at radius 2 is 2.00 bits per heavy atom. The van der Waals surface area contributed by atoms with Crippen LogP contribution in [0.5, 0.6) is 11.5 Å². The number of ether oxygens (including phenoxy) is 2. The van der Waals surface area contributed by atoms with Crippen LogP contribution in [0.15, 0.2) is 38.4 Å². The molecular weight excluding hydrogens is 360 g/mol. The Bertz CT molecular complexity index is 908. The maximum Gasteiger partial charge on any atom is 0.277 e. The van der Waals surface area contributed by atoms with Crippen LogP contribution >= 0.6 is 11.8 Å². The smallest absolute Gasteiger partial charge is 0.277 e. The molecule has 0 bridgehead atoms. The molecule has 0 atom stereocenters. The van der Waals surface area contributed by atoms with E-state index in [9.17, 15) is 4.79 Å². The van der Waals surface area contributed by atoms with Gasteiger partial charge < -0.3 is 23.7 Å². The minimum Gasteiger partial charge on any atom is -0.493 e. The second-order valence-electron chi connectivity index (χ2n) is 5.10. The maximum absolute atomic E-state index is 11.9. The van der Waals surface area contributed by atoms with Crippen molar-refractivity contribution < 1.29 is 23.2 Å². The molecule has 0 aliphatic carbocycles. The minimum atomic E-state index is -0.255. The average Bonchev–Trinajstić information content (AvgIpc) is 3.28. The Morgan fingerprint density at radius 1 is 1.19 bits per heavy atom. The summed E-state index contributed by atoms with van der Waals surface area (Å²) in [5.41, 5.74) is 0.685. The molecule has 0 spiro atoms. The lowest BCUT2D eigenvalue weighted by molar-refractivity contribution is -0.113. The van der Waals surface area contributed by atoms with Gasteiger partial charge in [0.1, 0.15) is 5.76 Å². The molecule has 2 aromatic heterocycles. The first kappa shape index (κ1) is 17.8. The number of rotatable bonds is 7.